The number of hydrogen-bond acceptors (Lipinski definition) is 3. The number of halogens is 1. The molecule has 0 aliphatic heterocycles. The van der Waals surface area contributed by atoms with Crippen molar-refractivity contribution in [3.8, 4) is 22.4 Å². The Bertz CT molecular complexity index is 779. The average Bonchev–Trinajstić information content (AvgIpc) is 2.98. The van der Waals surface area contributed by atoms with Gasteiger partial charge in [-0.2, -0.15) is 0 Å². The molecule has 6 heteroatoms. The first kappa shape index (κ1) is 13.5. The monoisotopic (exact) mass is 343 g/mol. The zero-order valence-corrected chi connectivity index (χ0v) is 12.3. The van der Waals surface area contributed by atoms with Crippen molar-refractivity contribution in [1.29, 1.82) is 0 Å². The summed E-state index contributed by atoms with van der Waals surface area (Å²) in [6, 6.07) is 15.5. The number of nitrogens with one attached hydrogen (secondary N) is 1. The standard InChI is InChI=1S/C15H10BrN3O2/c16-12-7-5-10(6-8-12)9-1-3-11(4-2-9)13-14(15(20)21)18-19-17-13/h1-8H,(H,20,21)(H,17,18,19). The summed E-state index contributed by atoms with van der Waals surface area (Å²) < 4.78 is 1.02. The lowest BCUT2D eigenvalue weighted by Crippen LogP contribution is -1.99. The summed E-state index contributed by atoms with van der Waals surface area (Å²) in [7, 11) is 0. The average molecular weight is 344 g/mol. The van der Waals surface area contributed by atoms with Crippen molar-refractivity contribution in [2.24, 2.45) is 0 Å². The van der Waals surface area contributed by atoms with Crippen molar-refractivity contribution in [3.05, 3.63) is 58.7 Å². The summed E-state index contributed by atoms with van der Waals surface area (Å²) in [5.41, 5.74) is 3.17. The summed E-state index contributed by atoms with van der Waals surface area (Å²) in [6.45, 7) is 0. The van der Waals surface area contributed by atoms with Crippen LogP contribution in [0, 0.1) is 0 Å². The van der Waals surface area contributed by atoms with E-state index in [1.165, 1.54) is 0 Å². The van der Waals surface area contributed by atoms with Crippen LogP contribution in [-0.2, 0) is 0 Å². The molecule has 5 nitrogen and oxygen atoms in total. The Balaban J connectivity index is 1.95. The number of aromatic amines is 1. The third-order valence-electron chi connectivity index (χ3n) is 3.10. The third kappa shape index (κ3) is 2.71. The van der Waals surface area contributed by atoms with Gasteiger partial charge in [0.2, 0.25) is 0 Å². The van der Waals surface area contributed by atoms with Crippen LogP contribution >= 0.6 is 15.9 Å². The fourth-order valence-electron chi connectivity index (χ4n) is 2.04. The van der Waals surface area contributed by atoms with Gasteiger partial charge in [0.1, 0.15) is 5.69 Å². The van der Waals surface area contributed by atoms with Gasteiger partial charge in [-0.05, 0) is 23.3 Å². The van der Waals surface area contributed by atoms with Gasteiger partial charge >= 0.3 is 5.97 Å². The third-order valence-corrected chi connectivity index (χ3v) is 3.63. The van der Waals surface area contributed by atoms with Crippen LogP contribution in [0.3, 0.4) is 0 Å². The van der Waals surface area contributed by atoms with Crippen molar-refractivity contribution in [2.45, 2.75) is 0 Å². The van der Waals surface area contributed by atoms with Gasteiger partial charge < -0.3 is 5.11 Å². The van der Waals surface area contributed by atoms with Crippen LogP contribution in [0.5, 0.6) is 0 Å². The molecule has 21 heavy (non-hydrogen) atoms. The Morgan fingerprint density at radius 1 is 0.952 bits per heavy atom. The van der Waals surface area contributed by atoms with Gasteiger partial charge in [-0.3, -0.25) is 5.10 Å². The first-order valence-electron chi connectivity index (χ1n) is 6.16. The van der Waals surface area contributed by atoms with Crippen LogP contribution in [-0.4, -0.2) is 26.5 Å². The molecule has 0 bridgehead atoms. The van der Waals surface area contributed by atoms with Gasteiger partial charge in [-0.25, -0.2) is 4.79 Å². The Hall–Kier alpha value is -2.47. The smallest absolute Gasteiger partial charge is 0.356 e. The van der Waals surface area contributed by atoms with E-state index in [0.29, 0.717) is 11.3 Å². The molecule has 0 saturated heterocycles. The molecule has 1 heterocycles. The number of carbonyl (C=O) groups is 1. The molecule has 3 aromatic rings. The molecule has 0 fully saturated rings. The van der Waals surface area contributed by atoms with E-state index in [1.807, 2.05) is 48.5 Å². The molecule has 0 saturated carbocycles. The number of H-pyrrole nitrogens is 1. The molecule has 0 spiro atoms. The minimum Gasteiger partial charge on any atom is -0.476 e. The summed E-state index contributed by atoms with van der Waals surface area (Å²) in [5.74, 6) is -1.08. The van der Waals surface area contributed by atoms with E-state index in [9.17, 15) is 4.79 Å². The van der Waals surface area contributed by atoms with Crippen molar-refractivity contribution in [2.75, 3.05) is 0 Å². The Kier molecular flexibility index (Phi) is 3.53. The van der Waals surface area contributed by atoms with E-state index in [1.54, 1.807) is 0 Å². The van der Waals surface area contributed by atoms with Crippen LogP contribution < -0.4 is 0 Å². The van der Waals surface area contributed by atoms with E-state index in [-0.39, 0.29) is 5.69 Å². The summed E-state index contributed by atoms with van der Waals surface area (Å²) in [4.78, 5) is 11.1. The van der Waals surface area contributed by atoms with Crippen LogP contribution in [0.25, 0.3) is 22.4 Å². The fourth-order valence-corrected chi connectivity index (χ4v) is 2.31. The first-order valence-corrected chi connectivity index (χ1v) is 6.95. The molecule has 0 amide bonds. The minimum atomic E-state index is -1.08. The number of carboxylic acid groups (broad SMARTS) is 1. The van der Waals surface area contributed by atoms with Crippen molar-refractivity contribution in [1.82, 2.24) is 15.4 Å². The Labute approximate surface area is 128 Å². The van der Waals surface area contributed by atoms with Gasteiger partial charge in [0.25, 0.3) is 0 Å². The molecule has 1 aromatic heterocycles. The van der Waals surface area contributed by atoms with Crippen LogP contribution in [0.15, 0.2) is 53.0 Å². The maximum atomic E-state index is 11.1. The maximum Gasteiger partial charge on any atom is 0.356 e. The molecule has 3 rings (SSSR count). The van der Waals surface area contributed by atoms with Gasteiger partial charge in [0.05, 0.1) is 0 Å². The highest BCUT2D eigenvalue weighted by Crippen LogP contribution is 2.26. The molecular formula is C15H10BrN3O2. The van der Waals surface area contributed by atoms with E-state index in [2.05, 4.69) is 31.3 Å². The number of benzene rings is 2. The summed E-state index contributed by atoms with van der Waals surface area (Å²) in [5, 5.41) is 18.8. The number of hydrogen-bond donors (Lipinski definition) is 2. The molecule has 2 aromatic carbocycles. The van der Waals surface area contributed by atoms with Crippen molar-refractivity contribution in [3.63, 3.8) is 0 Å². The normalized spacial score (nSPS) is 10.5. The van der Waals surface area contributed by atoms with E-state index in [0.717, 1.165) is 15.6 Å². The number of rotatable bonds is 3. The van der Waals surface area contributed by atoms with Crippen LogP contribution in [0.4, 0.5) is 0 Å². The number of nitrogens with zero attached hydrogens (tertiary/aromatic N) is 2. The largest absolute Gasteiger partial charge is 0.476 e. The molecule has 0 unspecified atom stereocenters. The molecule has 2 N–H and O–H groups in total. The zero-order chi connectivity index (χ0) is 14.8. The van der Waals surface area contributed by atoms with E-state index in [4.69, 9.17) is 5.11 Å². The van der Waals surface area contributed by atoms with Crippen LogP contribution in [0.2, 0.25) is 0 Å². The predicted octanol–water partition coefficient (Wildman–Crippen LogP) is 3.60. The Morgan fingerprint density at radius 3 is 2.05 bits per heavy atom. The summed E-state index contributed by atoms with van der Waals surface area (Å²) in [6.07, 6.45) is 0. The maximum absolute atomic E-state index is 11.1. The van der Waals surface area contributed by atoms with Crippen molar-refractivity contribution >= 4 is 21.9 Å². The highest BCUT2D eigenvalue weighted by molar-refractivity contribution is 9.10. The molecular weight excluding hydrogens is 334 g/mol. The topological polar surface area (TPSA) is 78.9 Å². The van der Waals surface area contributed by atoms with E-state index < -0.39 is 5.97 Å². The van der Waals surface area contributed by atoms with Gasteiger partial charge in [0.15, 0.2) is 5.69 Å². The van der Waals surface area contributed by atoms with Gasteiger partial charge in [-0.15, -0.1) is 5.10 Å². The lowest BCUT2D eigenvalue weighted by Gasteiger charge is -2.03. The first-order chi connectivity index (χ1) is 10.1. The quantitative estimate of drug-likeness (QED) is 0.761. The molecule has 0 aliphatic carbocycles. The molecule has 104 valence electrons. The number of aromatic carboxylic acids is 1. The summed E-state index contributed by atoms with van der Waals surface area (Å²) >= 11 is 3.40. The van der Waals surface area contributed by atoms with Gasteiger partial charge in [-0.1, -0.05) is 57.5 Å². The highest BCUT2D eigenvalue weighted by Gasteiger charge is 2.15. The lowest BCUT2D eigenvalue weighted by atomic mass is 10.0. The predicted molar refractivity (Wildman–Crippen MR) is 81.9 cm³/mol. The van der Waals surface area contributed by atoms with Gasteiger partial charge in [0, 0.05) is 10.0 Å². The van der Waals surface area contributed by atoms with E-state index >= 15 is 0 Å². The zero-order valence-electron chi connectivity index (χ0n) is 10.7. The Morgan fingerprint density at radius 2 is 1.48 bits per heavy atom. The second-order valence-corrected chi connectivity index (χ2v) is 5.34. The number of carboxylic acids is 1. The van der Waals surface area contributed by atoms with Crippen molar-refractivity contribution < 1.29 is 9.90 Å². The second kappa shape index (κ2) is 5.49. The van der Waals surface area contributed by atoms with Crippen LogP contribution in [0.1, 0.15) is 10.5 Å². The number of aromatic nitrogens is 3. The second-order valence-electron chi connectivity index (χ2n) is 4.42. The molecule has 0 aliphatic rings. The SMILES string of the molecule is O=C(O)c1[nH]nnc1-c1ccc(-c2ccc(Br)cc2)cc1. The minimum absolute atomic E-state index is 0.00797. The lowest BCUT2D eigenvalue weighted by molar-refractivity contribution is 0.0691. The fraction of sp³-hybridized carbons (Fsp3) is 0. The highest BCUT2D eigenvalue weighted by atomic mass is 79.9. The molecule has 0 radical (unpaired) electrons. The molecule has 0 atom stereocenters.